The predicted octanol–water partition coefficient (Wildman–Crippen LogP) is 4.80. The van der Waals surface area contributed by atoms with Crippen LogP contribution in [0.1, 0.15) is 38.3 Å². The Hall–Kier alpha value is -3.11. The minimum Gasteiger partial charge on any atom is -0.480 e. The highest BCUT2D eigenvalue weighted by Crippen LogP contribution is 2.27. The van der Waals surface area contributed by atoms with Crippen molar-refractivity contribution in [2.45, 2.75) is 30.3 Å². The molecule has 0 aromatic heterocycles. The van der Waals surface area contributed by atoms with E-state index in [-0.39, 0.29) is 45.5 Å². The molecule has 0 unspecified atom stereocenters. The van der Waals surface area contributed by atoms with E-state index < -0.39 is 33.7 Å². The number of hydrogen-bond acceptors (Lipinski definition) is 5. The van der Waals surface area contributed by atoms with Gasteiger partial charge in [0.15, 0.2) is 9.84 Å². The van der Waals surface area contributed by atoms with Gasteiger partial charge in [-0.3, -0.25) is 9.59 Å². The lowest BCUT2D eigenvalue weighted by molar-refractivity contribution is -0.139. The third kappa shape index (κ3) is 7.94. The lowest BCUT2D eigenvalue weighted by Crippen LogP contribution is -2.41. The van der Waals surface area contributed by atoms with Gasteiger partial charge in [-0.1, -0.05) is 59.1 Å². The molecule has 8 nitrogen and oxygen atoms in total. The third-order valence-corrected chi connectivity index (χ3v) is 7.51. The second-order valence-corrected chi connectivity index (χ2v) is 11.7. The molecular formula is C26H23Cl3N2O6S. The molecule has 3 aromatic carbocycles. The second-order valence-electron chi connectivity index (χ2n) is 8.45. The Morgan fingerprint density at radius 2 is 1.53 bits per heavy atom. The first-order valence-electron chi connectivity index (χ1n) is 11.2. The number of aliphatic carboxylic acids is 1. The summed E-state index contributed by atoms with van der Waals surface area (Å²) in [5.74, 6) is -2.59. The average molecular weight is 598 g/mol. The number of benzene rings is 3. The largest absolute Gasteiger partial charge is 0.480 e. The number of sulfone groups is 1. The van der Waals surface area contributed by atoms with E-state index in [9.17, 15) is 27.9 Å². The van der Waals surface area contributed by atoms with E-state index in [1.165, 1.54) is 24.3 Å². The molecule has 0 bridgehead atoms. The standard InChI is InChI=1S/C26H23Cl3N2O6S/c1-38(36,37)19-4-2-3-15(11-19)7-10-22(26(34)35)31-25(33)23-20(28)12-17(13-21(23)29)24(32)30-14-16-5-8-18(27)9-6-16/h2-6,8-9,11-13,22H,7,10,14H2,1H3,(H,30,32)(H,31,33)(H,34,35)/t22-/m0/s1. The average Bonchev–Trinajstić information content (AvgIpc) is 2.85. The van der Waals surface area contributed by atoms with Crippen molar-refractivity contribution in [3.05, 3.63) is 98.0 Å². The monoisotopic (exact) mass is 596 g/mol. The van der Waals surface area contributed by atoms with Crippen LogP contribution in [0.4, 0.5) is 0 Å². The molecule has 3 N–H and O–H groups in total. The summed E-state index contributed by atoms with van der Waals surface area (Å²) in [4.78, 5) is 37.4. The predicted molar refractivity (Wildman–Crippen MR) is 146 cm³/mol. The Morgan fingerprint density at radius 3 is 2.11 bits per heavy atom. The van der Waals surface area contributed by atoms with Crippen molar-refractivity contribution in [1.29, 1.82) is 0 Å². The second kappa shape index (κ2) is 12.6. The Morgan fingerprint density at radius 1 is 0.895 bits per heavy atom. The van der Waals surface area contributed by atoms with Gasteiger partial charge in [0.25, 0.3) is 11.8 Å². The van der Waals surface area contributed by atoms with Crippen molar-refractivity contribution in [2.24, 2.45) is 0 Å². The maximum Gasteiger partial charge on any atom is 0.326 e. The minimum absolute atomic E-state index is 0.0191. The van der Waals surface area contributed by atoms with Crippen LogP contribution in [-0.2, 0) is 27.6 Å². The normalized spacial score (nSPS) is 12.0. The van der Waals surface area contributed by atoms with Crippen molar-refractivity contribution in [3.63, 3.8) is 0 Å². The van der Waals surface area contributed by atoms with Crippen LogP contribution >= 0.6 is 34.8 Å². The summed E-state index contributed by atoms with van der Waals surface area (Å²) in [6, 6.07) is 14.3. The Labute approximate surface area is 234 Å². The maximum absolute atomic E-state index is 12.9. The Balaban J connectivity index is 1.68. The molecule has 38 heavy (non-hydrogen) atoms. The Bertz CT molecular complexity index is 1450. The molecule has 2 amide bonds. The first kappa shape index (κ1) is 29.4. The molecule has 0 aliphatic heterocycles. The SMILES string of the molecule is CS(=O)(=O)c1cccc(CC[C@H](NC(=O)c2c(Cl)cc(C(=O)NCc3ccc(Cl)cc3)cc2Cl)C(=O)O)c1. The molecule has 0 aliphatic rings. The number of carbonyl (C=O) groups excluding carboxylic acids is 2. The van der Waals surface area contributed by atoms with Gasteiger partial charge in [0.1, 0.15) is 6.04 Å². The van der Waals surface area contributed by atoms with E-state index in [1.54, 1.807) is 36.4 Å². The van der Waals surface area contributed by atoms with Crippen LogP contribution in [0, 0.1) is 0 Å². The van der Waals surface area contributed by atoms with E-state index in [0.29, 0.717) is 10.6 Å². The number of amides is 2. The van der Waals surface area contributed by atoms with E-state index in [4.69, 9.17) is 34.8 Å². The molecule has 0 saturated carbocycles. The summed E-state index contributed by atoms with van der Waals surface area (Å²) in [6.07, 6.45) is 1.25. The van der Waals surface area contributed by atoms with Gasteiger partial charge in [-0.05, 0) is 60.4 Å². The number of halogens is 3. The number of carboxylic acids is 1. The molecule has 0 spiro atoms. The molecule has 0 saturated heterocycles. The fraction of sp³-hybridized carbons (Fsp3) is 0.192. The fourth-order valence-electron chi connectivity index (χ4n) is 3.54. The van der Waals surface area contributed by atoms with Crippen LogP contribution in [-0.4, -0.2) is 43.6 Å². The van der Waals surface area contributed by atoms with Crippen molar-refractivity contribution >= 4 is 62.4 Å². The van der Waals surface area contributed by atoms with E-state index in [1.807, 2.05) is 0 Å². The highest BCUT2D eigenvalue weighted by atomic mass is 35.5. The molecular weight excluding hydrogens is 575 g/mol. The van der Waals surface area contributed by atoms with Crippen LogP contribution in [0.3, 0.4) is 0 Å². The number of nitrogens with one attached hydrogen (secondary N) is 2. The van der Waals surface area contributed by atoms with Crippen LogP contribution in [0.5, 0.6) is 0 Å². The molecule has 3 aromatic rings. The van der Waals surface area contributed by atoms with Gasteiger partial charge in [-0.25, -0.2) is 13.2 Å². The van der Waals surface area contributed by atoms with Crippen LogP contribution in [0.25, 0.3) is 0 Å². The molecule has 200 valence electrons. The highest BCUT2D eigenvalue weighted by molar-refractivity contribution is 7.90. The summed E-state index contributed by atoms with van der Waals surface area (Å²) >= 11 is 18.4. The van der Waals surface area contributed by atoms with Gasteiger partial charge < -0.3 is 15.7 Å². The molecule has 0 heterocycles. The van der Waals surface area contributed by atoms with Gasteiger partial charge in [0.2, 0.25) is 0 Å². The van der Waals surface area contributed by atoms with Gasteiger partial charge in [0, 0.05) is 23.4 Å². The Kier molecular flexibility index (Phi) is 9.78. The fourth-order valence-corrected chi connectivity index (χ4v) is 5.01. The van der Waals surface area contributed by atoms with Crippen molar-refractivity contribution in [3.8, 4) is 0 Å². The lowest BCUT2D eigenvalue weighted by atomic mass is 10.0. The van der Waals surface area contributed by atoms with Gasteiger partial charge in [-0.15, -0.1) is 0 Å². The van der Waals surface area contributed by atoms with E-state index in [0.717, 1.165) is 11.8 Å². The summed E-state index contributed by atoms with van der Waals surface area (Å²) in [5.41, 5.74) is 1.36. The summed E-state index contributed by atoms with van der Waals surface area (Å²) in [5, 5.41) is 15.0. The molecule has 0 aliphatic carbocycles. The van der Waals surface area contributed by atoms with Gasteiger partial charge in [0.05, 0.1) is 20.5 Å². The maximum atomic E-state index is 12.9. The minimum atomic E-state index is -3.42. The van der Waals surface area contributed by atoms with E-state index >= 15 is 0 Å². The topological polar surface area (TPSA) is 130 Å². The zero-order chi connectivity index (χ0) is 28.0. The summed E-state index contributed by atoms with van der Waals surface area (Å²) in [7, 11) is -3.42. The molecule has 0 fully saturated rings. The van der Waals surface area contributed by atoms with Crippen LogP contribution in [0.15, 0.2) is 65.6 Å². The number of carbonyl (C=O) groups is 3. The van der Waals surface area contributed by atoms with Gasteiger partial charge in [-0.2, -0.15) is 0 Å². The molecule has 1 atom stereocenters. The van der Waals surface area contributed by atoms with Gasteiger partial charge >= 0.3 is 5.97 Å². The van der Waals surface area contributed by atoms with Crippen molar-refractivity contribution in [2.75, 3.05) is 6.26 Å². The zero-order valence-corrected chi connectivity index (χ0v) is 23.1. The van der Waals surface area contributed by atoms with Crippen LogP contribution < -0.4 is 10.6 Å². The number of rotatable bonds is 10. The zero-order valence-electron chi connectivity index (χ0n) is 20.0. The molecule has 12 heteroatoms. The third-order valence-electron chi connectivity index (χ3n) is 5.55. The number of carboxylic acid groups (broad SMARTS) is 1. The molecule has 0 radical (unpaired) electrons. The van der Waals surface area contributed by atoms with Crippen molar-refractivity contribution < 1.29 is 27.9 Å². The number of hydrogen-bond donors (Lipinski definition) is 3. The quantitative estimate of drug-likeness (QED) is 0.308. The smallest absolute Gasteiger partial charge is 0.326 e. The van der Waals surface area contributed by atoms with Crippen LogP contribution in [0.2, 0.25) is 15.1 Å². The lowest BCUT2D eigenvalue weighted by Gasteiger charge is -2.16. The summed E-state index contributed by atoms with van der Waals surface area (Å²) in [6.45, 7) is 0.223. The summed E-state index contributed by atoms with van der Waals surface area (Å²) < 4.78 is 23.5. The number of aryl methyl sites for hydroxylation is 1. The first-order chi connectivity index (χ1) is 17.8. The van der Waals surface area contributed by atoms with Crippen molar-refractivity contribution in [1.82, 2.24) is 10.6 Å². The molecule has 3 rings (SSSR count). The first-order valence-corrected chi connectivity index (χ1v) is 14.2. The van der Waals surface area contributed by atoms with E-state index in [2.05, 4.69) is 10.6 Å². The highest BCUT2D eigenvalue weighted by Gasteiger charge is 2.25.